The minimum atomic E-state index is -1.85. The summed E-state index contributed by atoms with van der Waals surface area (Å²) in [5, 5.41) is 5.21. The number of amides is 1. The van der Waals surface area contributed by atoms with Gasteiger partial charge in [-0.05, 0) is 25.2 Å². The van der Waals surface area contributed by atoms with E-state index in [2.05, 4.69) is 15.0 Å². The van der Waals surface area contributed by atoms with Crippen molar-refractivity contribution in [2.24, 2.45) is 11.7 Å². The van der Waals surface area contributed by atoms with Crippen LogP contribution in [0.25, 0.3) is 10.8 Å². The molecule has 0 unspecified atom stereocenters. The van der Waals surface area contributed by atoms with E-state index in [0.717, 1.165) is 19.3 Å². The molecular formula is C18H26N5O5P. The lowest BCUT2D eigenvalue weighted by Gasteiger charge is -2.33. The Balaban J connectivity index is 1.90. The van der Waals surface area contributed by atoms with Crippen molar-refractivity contribution >= 4 is 30.9 Å². The molecule has 0 bridgehead atoms. The van der Waals surface area contributed by atoms with Crippen LogP contribution in [-0.2, 0) is 11.3 Å². The van der Waals surface area contributed by atoms with Crippen LogP contribution >= 0.6 is 8.38 Å². The average Bonchev–Trinajstić information content (AvgIpc) is 2.71. The number of rotatable bonds is 8. The first-order valence-corrected chi connectivity index (χ1v) is 11.0. The lowest BCUT2D eigenvalue weighted by atomic mass is 9.94. The molecule has 11 heteroatoms. The molecule has 0 atom stereocenters. The number of aryl methyl sites for hydroxylation is 1. The first-order chi connectivity index (χ1) is 13.9. The first-order valence-electron chi connectivity index (χ1n) is 9.52. The van der Waals surface area contributed by atoms with Gasteiger partial charge in [-0.1, -0.05) is 0 Å². The van der Waals surface area contributed by atoms with Gasteiger partial charge in [-0.2, -0.15) is 10.1 Å². The largest absolute Gasteiger partial charge is 0.481 e. The monoisotopic (exact) mass is 423 g/mol. The highest BCUT2D eigenvalue weighted by Crippen LogP contribution is 2.33. The van der Waals surface area contributed by atoms with Gasteiger partial charge in [0.15, 0.2) is 8.38 Å². The van der Waals surface area contributed by atoms with Crippen LogP contribution in [-0.4, -0.2) is 56.8 Å². The zero-order valence-corrected chi connectivity index (χ0v) is 17.2. The number of pyridine rings is 1. The lowest BCUT2D eigenvalue weighted by Crippen LogP contribution is -2.36. The number of nitrogens with two attached hydrogens (primary N) is 1. The van der Waals surface area contributed by atoms with Gasteiger partial charge in [0.25, 0.3) is 5.56 Å². The zero-order valence-electron chi connectivity index (χ0n) is 16.3. The van der Waals surface area contributed by atoms with Crippen molar-refractivity contribution in [1.29, 1.82) is 0 Å². The van der Waals surface area contributed by atoms with Crippen LogP contribution in [0.2, 0.25) is 0 Å². The zero-order chi connectivity index (χ0) is 21.0. The van der Waals surface area contributed by atoms with Crippen LogP contribution in [0.4, 0.5) is 5.82 Å². The van der Waals surface area contributed by atoms with Crippen molar-refractivity contribution in [3.8, 4) is 5.88 Å². The van der Waals surface area contributed by atoms with E-state index in [4.69, 9.17) is 20.3 Å². The van der Waals surface area contributed by atoms with E-state index < -0.39 is 14.3 Å². The second-order valence-electron chi connectivity index (χ2n) is 7.16. The predicted octanol–water partition coefficient (Wildman–Crippen LogP) is 0.578. The maximum absolute atomic E-state index is 13.0. The van der Waals surface area contributed by atoms with E-state index in [1.54, 1.807) is 12.3 Å². The fourth-order valence-corrected chi connectivity index (χ4v) is 4.20. The van der Waals surface area contributed by atoms with Crippen molar-refractivity contribution in [2.75, 3.05) is 31.3 Å². The highest BCUT2D eigenvalue weighted by Gasteiger charge is 2.24. The minimum Gasteiger partial charge on any atom is -0.481 e. The molecule has 1 aliphatic heterocycles. The number of nitrogens with zero attached hydrogens (tertiary/aromatic N) is 4. The Bertz CT molecular complexity index is 927. The Kier molecular flexibility index (Phi) is 7.00. The number of methoxy groups -OCH3 is 1. The number of aromatic nitrogens is 3. The second kappa shape index (κ2) is 9.47. The summed E-state index contributed by atoms with van der Waals surface area (Å²) >= 11 is 0. The highest BCUT2D eigenvalue weighted by molar-refractivity contribution is 7.45. The van der Waals surface area contributed by atoms with Gasteiger partial charge in [-0.3, -0.25) is 9.59 Å². The molecule has 1 saturated heterocycles. The van der Waals surface area contributed by atoms with Crippen LogP contribution in [0.1, 0.15) is 25.7 Å². The van der Waals surface area contributed by atoms with Crippen LogP contribution in [0, 0.1) is 5.92 Å². The molecule has 0 radical (unpaired) electrons. The molecule has 0 aliphatic carbocycles. The van der Waals surface area contributed by atoms with Crippen molar-refractivity contribution < 1.29 is 19.3 Å². The van der Waals surface area contributed by atoms with Crippen LogP contribution < -0.4 is 20.9 Å². The maximum Gasteiger partial charge on any atom is 0.278 e. The van der Waals surface area contributed by atoms with Gasteiger partial charge in [-0.15, -0.1) is 0 Å². The molecule has 158 valence electrons. The fraction of sp³-hybridized carbons (Fsp3) is 0.556. The Labute approximate surface area is 169 Å². The van der Waals surface area contributed by atoms with Crippen molar-refractivity contribution in [3.05, 3.63) is 22.6 Å². The van der Waals surface area contributed by atoms with E-state index in [0.29, 0.717) is 47.6 Å². The van der Waals surface area contributed by atoms with Gasteiger partial charge in [0.1, 0.15) is 5.82 Å². The van der Waals surface area contributed by atoms with Crippen molar-refractivity contribution in [1.82, 2.24) is 14.8 Å². The molecule has 1 amide bonds. The molecule has 0 saturated carbocycles. The number of carbonyl (C=O) groups is 1. The van der Waals surface area contributed by atoms with Crippen LogP contribution in [0.5, 0.6) is 5.88 Å². The summed E-state index contributed by atoms with van der Waals surface area (Å²) < 4.78 is 6.54. The van der Waals surface area contributed by atoms with Gasteiger partial charge in [0.05, 0.1) is 25.2 Å². The number of ether oxygens (including phenoxy) is 1. The third-order valence-electron chi connectivity index (χ3n) is 5.22. The Morgan fingerprint density at radius 2 is 2.10 bits per heavy atom. The first kappa shape index (κ1) is 21.4. The number of primary amides is 1. The van der Waals surface area contributed by atoms with E-state index in [1.807, 2.05) is 0 Å². The molecule has 2 aromatic heterocycles. The van der Waals surface area contributed by atoms with E-state index in [-0.39, 0.29) is 18.5 Å². The number of hydrogen-bond acceptors (Lipinski definition) is 8. The standard InChI is InChI=1S/C18H26N5O5P/c1-28-15-10-13-11-20-23(8-4-14(19)24)18(25)16(13)17(21-15)22-6-2-12(3-7-22)5-9-29(26)27/h10-12,26-27H,2-9H2,1H3,(H2,19,24). The fourth-order valence-electron chi connectivity index (χ4n) is 3.60. The summed E-state index contributed by atoms with van der Waals surface area (Å²) in [5.41, 5.74) is 4.88. The normalized spacial score (nSPS) is 15.2. The highest BCUT2D eigenvalue weighted by atomic mass is 31.2. The average molecular weight is 423 g/mol. The van der Waals surface area contributed by atoms with Gasteiger partial charge in [0, 0.05) is 37.1 Å². The molecule has 4 N–H and O–H groups in total. The third-order valence-corrected chi connectivity index (χ3v) is 5.88. The maximum atomic E-state index is 13.0. The Morgan fingerprint density at radius 3 is 2.72 bits per heavy atom. The summed E-state index contributed by atoms with van der Waals surface area (Å²) in [6.07, 6.45) is 4.57. The third kappa shape index (κ3) is 5.20. The summed E-state index contributed by atoms with van der Waals surface area (Å²) in [6.45, 7) is 1.53. The van der Waals surface area contributed by atoms with Crippen molar-refractivity contribution in [2.45, 2.75) is 32.2 Å². The molecule has 29 heavy (non-hydrogen) atoms. The molecule has 0 aromatic carbocycles. The second-order valence-corrected chi connectivity index (χ2v) is 8.35. The smallest absolute Gasteiger partial charge is 0.278 e. The Hall–Kier alpha value is -2.29. The summed E-state index contributed by atoms with van der Waals surface area (Å²) in [5.74, 6) is 0.867. The molecule has 10 nitrogen and oxygen atoms in total. The number of carbonyl (C=O) groups excluding carboxylic acids is 1. The molecule has 0 spiro atoms. The van der Waals surface area contributed by atoms with Gasteiger partial charge >= 0.3 is 0 Å². The van der Waals surface area contributed by atoms with E-state index in [9.17, 15) is 9.59 Å². The molecule has 1 aliphatic rings. The molecule has 2 aromatic rings. The van der Waals surface area contributed by atoms with E-state index in [1.165, 1.54) is 11.8 Å². The van der Waals surface area contributed by atoms with Gasteiger partial charge in [-0.25, -0.2) is 4.68 Å². The van der Waals surface area contributed by atoms with Gasteiger partial charge in [0.2, 0.25) is 11.8 Å². The van der Waals surface area contributed by atoms with E-state index >= 15 is 0 Å². The lowest BCUT2D eigenvalue weighted by molar-refractivity contribution is -0.118. The number of fused-ring (bicyclic) bond motifs is 1. The number of piperidine rings is 1. The topological polar surface area (TPSA) is 144 Å². The van der Waals surface area contributed by atoms with Crippen LogP contribution in [0.3, 0.4) is 0 Å². The summed E-state index contributed by atoms with van der Waals surface area (Å²) in [4.78, 5) is 49.0. The predicted molar refractivity (Wildman–Crippen MR) is 110 cm³/mol. The summed E-state index contributed by atoms with van der Waals surface area (Å²) in [6, 6.07) is 1.67. The molecule has 1 fully saturated rings. The number of hydrogen-bond donors (Lipinski definition) is 3. The van der Waals surface area contributed by atoms with Crippen molar-refractivity contribution in [3.63, 3.8) is 0 Å². The Morgan fingerprint density at radius 1 is 1.38 bits per heavy atom. The van der Waals surface area contributed by atoms with Crippen LogP contribution in [0.15, 0.2) is 17.1 Å². The quantitative estimate of drug-likeness (QED) is 0.523. The SMILES string of the molecule is COc1cc2cnn(CCC(N)=O)c(=O)c2c(N2CCC(CCP(O)O)CC2)n1. The molecule has 3 rings (SSSR count). The molecular weight excluding hydrogens is 397 g/mol. The van der Waals surface area contributed by atoms with Gasteiger partial charge < -0.3 is 25.2 Å². The summed E-state index contributed by atoms with van der Waals surface area (Å²) in [7, 11) is -0.332. The number of anilines is 1. The molecule has 3 heterocycles. The minimum absolute atomic E-state index is 0.0287.